The summed E-state index contributed by atoms with van der Waals surface area (Å²) in [5.74, 6) is -1.54. The summed E-state index contributed by atoms with van der Waals surface area (Å²) in [7, 11) is 0. The van der Waals surface area contributed by atoms with Gasteiger partial charge in [-0.3, -0.25) is 34.9 Å². The summed E-state index contributed by atoms with van der Waals surface area (Å²) in [6.07, 6.45) is 0.334. The van der Waals surface area contributed by atoms with Crippen molar-refractivity contribution in [3.05, 3.63) is 83.4 Å². The van der Waals surface area contributed by atoms with Crippen molar-refractivity contribution >= 4 is 34.4 Å². The van der Waals surface area contributed by atoms with Gasteiger partial charge in [0.15, 0.2) is 0 Å². The molecule has 1 aliphatic rings. The van der Waals surface area contributed by atoms with Gasteiger partial charge in [-0.15, -0.1) is 0 Å². The first-order valence-electron chi connectivity index (χ1n) is 9.58. The minimum atomic E-state index is -0.421. The van der Waals surface area contributed by atoms with Gasteiger partial charge >= 0.3 is 0 Å². The third-order valence-corrected chi connectivity index (χ3v) is 4.99. The molecule has 0 spiro atoms. The Hall–Kier alpha value is -4.00. The number of carbonyl (C=O) groups is 4. The molecule has 4 rings (SSSR count). The van der Waals surface area contributed by atoms with E-state index >= 15 is 0 Å². The van der Waals surface area contributed by atoms with Gasteiger partial charge in [0.25, 0.3) is 17.7 Å². The number of amides is 4. The Kier molecular flexibility index (Phi) is 5.26. The standard InChI is InChI=1S/C23H19N3O4/c27-19(24-25-21(28)16-7-2-1-3-8-16)13-6-14-26-22(29)17-11-4-9-15-10-5-12-18(20(15)17)23(26)30/h1-5,7-12H,6,13-14H2,(H,24,27)(H,25,28). The molecule has 150 valence electrons. The average Bonchev–Trinajstić information content (AvgIpc) is 2.78. The highest BCUT2D eigenvalue weighted by molar-refractivity contribution is 6.25. The molecule has 0 aliphatic carbocycles. The zero-order valence-electron chi connectivity index (χ0n) is 16.1. The zero-order chi connectivity index (χ0) is 21.1. The number of hydrazine groups is 1. The fourth-order valence-electron chi connectivity index (χ4n) is 3.53. The molecular weight excluding hydrogens is 382 g/mol. The molecule has 30 heavy (non-hydrogen) atoms. The third-order valence-electron chi connectivity index (χ3n) is 4.99. The Morgan fingerprint density at radius 3 is 2.03 bits per heavy atom. The maximum atomic E-state index is 12.8. The maximum absolute atomic E-state index is 12.8. The predicted octanol–water partition coefficient (Wildman–Crippen LogP) is 2.68. The number of nitrogens with one attached hydrogen (secondary N) is 2. The summed E-state index contributed by atoms with van der Waals surface area (Å²) < 4.78 is 0. The molecule has 0 saturated carbocycles. The number of hydrogen-bond acceptors (Lipinski definition) is 4. The van der Waals surface area contributed by atoms with Gasteiger partial charge in [0.1, 0.15) is 0 Å². The first kappa shape index (κ1) is 19.3. The van der Waals surface area contributed by atoms with Crippen molar-refractivity contribution in [2.45, 2.75) is 12.8 Å². The molecule has 7 heteroatoms. The second-order valence-electron chi connectivity index (χ2n) is 6.94. The van der Waals surface area contributed by atoms with Crippen LogP contribution in [0.5, 0.6) is 0 Å². The number of nitrogens with zero attached hydrogens (tertiary/aromatic N) is 1. The fraction of sp³-hybridized carbons (Fsp3) is 0.130. The normalized spacial score (nSPS) is 12.7. The van der Waals surface area contributed by atoms with Crippen LogP contribution in [0.15, 0.2) is 66.7 Å². The van der Waals surface area contributed by atoms with Crippen LogP contribution in [-0.4, -0.2) is 35.1 Å². The molecule has 3 aromatic carbocycles. The van der Waals surface area contributed by atoms with E-state index in [9.17, 15) is 19.2 Å². The fourth-order valence-corrected chi connectivity index (χ4v) is 3.53. The summed E-state index contributed by atoms with van der Waals surface area (Å²) in [5, 5.41) is 1.52. The van der Waals surface area contributed by atoms with Gasteiger partial charge in [-0.1, -0.05) is 42.5 Å². The molecule has 1 aliphatic heterocycles. The number of rotatable bonds is 5. The van der Waals surface area contributed by atoms with Gasteiger partial charge in [0, 0.05) is 35.0 Å². The van der Waals surface area contributed by atoms with E-state index in [1.807, 2.05) is 12.1 Å². The first-order chi connectivity index (χ1) is 14.6. The van der Waals surface area contributed by atoms with E-state index in [1.54, 1.807) is 54.6 Å². The maximum Gasteiger partial charge on any atom is 0.269 e. The Morgan fingerprint density at radius 2 is 1.40 bits per heavy atom. The molecule has 0 atom stereocenters. The Labute approximate surface area is 172 Å². The third kappa shape index (κ3) is 3.65. The number of imide groups is 1. The molecule has 0 fully saturated rings. The molecule has 7 nitrogen and oxygen atoms in total. The zero-order valence-corrected chi connectivity index (χ0v) is 16.1. The van der Waals surface area contributed by atoms with Crippen LogP contribution < -0.4 is 10.9 Å². The lowest BCUT2D eigenvalue weighted by Gasteiger charge is -2.27. The molecule has 0 bridgehead atoms. The van der Waals surface area contributed by atoms with Gasteiger partial charge in [0.2, 0.25) is 5.91 Å². The molecular formula is C23H19N3O4. The quantitative estimate of drug-likeness (QED) is 0.508. The first-order valence-corrected chi connectivity index (χ1v) is 9.58. The molecule has 3 aromatic rings. The molecule has 0 unspecified atom stereocenters. The summed E-state index contributed by atoms with van der Waals surface area (Å²) in [6.45, 7) is 0.114. The number of benzene rings is 3. The molecule has 4 amide bonds. The van der Waals surface area contributed by atoms with Crippen LogP contribution in [0.1, 0.15) is 43.9 Å². The molecule has 2 N–H and O–H groups in total. The lowest BCUT2D eigenvalue weighted by molar-refractivity contribution is -0.122. The van der Waals surface area contributed by atoms with Crippen LogP contribution >= 0.6 is 0 Å². The van der Waals surface area contributed by atoms with Crippen molar-refractivity contribution in [2.24, 2.45) is 0 Å². The Morgan fingerprint density at radius 1 is 0.767 bits per heavy atom. The molecule has 1 heterocycles. The van der Waals surface area contributed by atoms with Crippen LogP contribution in [-0.2, 0) is 4.79 Å². The number of hydrogen-bond donors (Lipinski definition) is 2. The lowest BCUT2D eigenvalue weighted by atomic mass is 9.94. The minimum Gasteiger partial charge on any atom is -0.274 e. The predicted molar refractivity (Wildman–Crippen MR) is 111 cm³/mol. The van der Waals surface area contributed by atoms with E-state index in [2.05, 4.69) is 10.9 Å². The van der Waals surface area contributed by atoms with Crippen LogP contribution in [0, 0.1) is 0 Å². The largest absolute Gasteiger partial charge is 0.274 e. The van der Waals surface area contributed by atoms with Crippen molar-refractivity contribution in [1.82, 2.24) is 15.8 Å². The molecule has 0 radical (unpaired) electrons. The second-order valence-corrected chi connectivity index (χ2v) is 6.94. The SMILES string of the molecule is O=C(CCCN1C(=O)c2cccc3cccc(c23)C1=O)NNC(=O)c1ccccc1. The summed E-state index contributed by atoms with van der Waals surface area (Å²) >= 11 is 0. The highest BCUT2D eigenvalue weighted by Crippen LogP contribution is 2.29. The van der Waals surface area contributed by atoms with E-state index in [0.717, 1.165) is 5.39 Å². The molecule has 0 aromatic heterocycles. The summed E-state index contributed by atoms with van der Waals surface area (Å²) in [4.78, 5) is 50.8. The van der Waals surface area contributed by atoms with Crippen molar-refractivity contribution in [1.29, 1.82) is 0 Å². The van der Waals surface area contributed by atoms with E-state index in [1.165, 1.54) is 4.90 Å². The van der Waals surface area contributed by atoms with Gasteiger partial charge in [-0.25, -0.2) is 0 Å². The van der Waals surface area contributed by atoms with E-state index in [0.29, 0.717) is 22.1 Å². The highest BCUT2D eigenvalue weighted by Gasteiger charge is 2.32. The van der Waals surface area contributed by atoms with E-state index < -0.39 is 11.8 Å². The minimum absolute atomic E-state index is 0.0535. The highest BCUT2D eigenvalue weighted by atomic mass is 16.2. The monoisotopic (exact) mass is 401 g/mol. The topological polar surface area (TPSA) is 95.6 Å². The lowest BCUT2D eigenvalue weighted by Crippen LogP contribution is -2.43. The number of carbonyl (C=O) groups excluding carboxylic acids is 4. The summed E-state index contributed by atoms with van der Waals surface area (Å²) in [6, 6.07) is 19.2. The summed E-state index contributed by atoms with van der Waals surface area (Å²) in [5.41, 5.74) is 6.09. The van der Waals surface area contributed by atoms with Crippen LogP contribution in [0.4, 0.5) is 0 Å². The van der Waals surface area contributed by atoms with Gasteiger partial charge in [-0.2, -0.15) is 0 Å². The smallest absolute Gasteiger partial charge is 0.269 e. The Balaban J connectivity index is 1.34. The van der Waals surface area contributed by atoms with Gasteiger partial charge in [0.05, 0.1) is 0 Å². The van der Waals surface area contributed by atoms with Crippen LogP contribution in [0.3, 0.4) is 0 Å². The van der Waals surface area contributed by atoms with Crippen LogP contribution in [0.2, 0.25) is 0 Å². The van der Waals surface area contributed by atoms with Crippen molar-refractivity contribution < 1.29 is 19.2 Å². The van der Waals surface area contributed by atoms with Gasteiger partial charge < -0.3 is 0 Å². The van der Waals surface area contributed by atoms with Crippen molar-refractivity contribution in [3.63, 3.8) is 0 Å². The van der Waals surface area contributed by atoms with Gasteiger partial charge in [-0.05, 0) is 36.1 Å². The Bertz CT molecular complexity index is 1110. The van der Waals surface area contributed by atoms with Crippen molar-refractivity contribution in [3.8, 4) is 0 Å². The average molecular weight is 401 g/mol. The van der Waals surface area contributed by atoms with Crippen LogP contribution in [0.25, 0.3) is 10.8 Å². The van der Waals surface area contributed by atoms with E-state index in [-0.39, 0.29) is 31.2 Å². The molecule has 0 saturated heterocycles. The van der Waals surface area contributed by atoms with E-state index in [4.69, 9.17) is 0 Å². The second kappa shape index (κ2) is 8.16. The van der Waals surface area contributed by atoms with Crippen molar-refractivity contribution in [2.75, 3.05) is 6.54 Å².